The van der Waals surface area contributed by atoms with Gasteiger partial charge >= 0.3 is 6.18 Å². The first kappa shape index (κ1) is 24.1. The summed E-state index contributed by atoms with van der Waals surface area (Å²) >= 11 is 0. The van der Waals surface area contributed by atoms with Crippen LogP contribution in [0.1, 0.15) is 15.9 Å². The van der Waals surface area contributed by atoms with Crippen LogP contribution in [0.2, 0.25) is 0 Å². The van der Waals surface area contributed by atoms with E-state index in [0.717, 1.165) is 12.1 Å². The summed E-state index contributed by atoms with van der Waals surface area (Å²) in [6.45, 7) is -1.67. The van der Waals surface area contributed by atoms with E-state index >= 15 is 0 Å². The molecule has 0 aliphatic carbocycles. The summed E-state index contributed by atoms with van der Waals surface area (Å²) in [6.07, 6.45) is 1.42. The van der Waals surface area contributed by atoms with Gasteiger partial charge in [-0.1, -0.05) is 12.1 Å². The number of aromatic nitrogens is 3. The van der Waals surface area contributed by atoms with E-state index in [1.54, 1.807) is 23.0 Å². The topological polar surface area (TPSA) is 103 Å². The summed E-state index contributed by atoms with van der Waals surface area (Å²) in [5, 5.41) is 2.69. The van der Waals surface area contributed by atoms with Gasteiger partial charge in [0.1, 0.15) is 0 Å². The predicted octanol–water partition coefficient (Wildman–Crippen LogP) is 3.57. The normalized spacial score (nSPS) is 12.0. The zero-order valence-corrected chi connectivity index (χ0v) is 18.5. The molecule has 0 saturated heterocycles. The first-order valence-corrected chi connectivity index (χ1v) is 11.4. The zero-order valence-electron chi connectivity index (χ0n) is 17.7. The number of amides is 1. The maximum absolute atomic E-state index is 13.8. The van der Waals surface area contributed by atoms with Gasteiger partial charge in [-0.05, 0) is 29.8 Å². The van der Waals surface area contributed by atoms with E-state index in [1.807, 2.05) is 0 Å². The van der Waals surface area contributed by atoms with E-state index in [4.69, 9.17) is 0 Å². The minimum absolute atomic E-state index is 0.0904. The van der Waals surface area contributed by atoms with Gasteiger partial charge in [0, 0.05) is 37.4 Å². The smallest absolute Gasteiger partial charge is 0.422 e. The van der Waals surface area contributed by atoms with Crippen LogP contribution in [0.15, 0.2) is 77.0 Å². The Morgan fingerprint density at radius 1 is 1.06 bits per heavy atom. The fraction of sp³-hybridized carbons (Fsp3) is 0.136. The molecule has 0 aliphatic heterocycles. The third kappa shape index (κ3) is 5.57. The summed E-state index contributed by atoms with van der Waals surface area (Å²) in [4.78, 5) is 19.8. The molecule has 13 heteroatoms. The largest absolute Gasteiger partial charge is 0.481 e. The van der Waals surface area contributed by atoms with Crippen molar-refractivity contribution < 1.29 is 35.5 Å². The Labute approximate surface area is 196 Å². The SMILES string of the molecule is O=C(NCc1ccc(S(=O)(=O)c2ccc(F)c(OCC(F)(F)F)c2)cc1)c1cnc2nccn2c1. The number of ether oxygens (including phenoxy) is 1. The molecule has 0 spiro atoms. The molecule has 0 radical (unpaired) electrons. The summed E-state index contributed by atoms with van der Waals surface area (Å²) in [5.41, 5.74) is 0.886. The van der Waals surface area contributed by atoms with Crippen molar-refractivity contribution in [3.8, 4) is 5.75 Å². The van der Waals surface area contributed by atoms with Crippen molar-refractivity contribution in [2.75, 3.05) is 6.61 Å². The molecule has 2 aromatic carbocycles. The second-order valence-electron chi connectivity index (χ2n) is 7.30. The number of imidazole rings is 1. The molecule has 2 aromatic heterocycles. The van der Waals surface area contributed by atoms with Crippen molar-refractivity contribution >= 4 is 21.5 Å². The number of hydrogen-bond donors (Lipinski definition) is 1. The number of halogens is 4. The predicted molar refractivity (Wildman–Crippen MR) is 114 cm³/mol. The van der Waals surface area contributed by atoms with E-state index in [9.17, 15) is 30.8 Å². The molecular formula is C22H16F4N4O4S. The summed E-state index contributed by atoms with van der Waals surface area (Å²) in [5.74, 6) is -1.91. The number of alkyl halides is 3. The van der Waals surface area contributed by atoms with Crippen LogP contribution in [0.4, 0.5) is 17.6 Å². The molecule has 0 fully saturated rings. The number of sulfone groups is 1. The van der Waals surface area contributed by atoms with Crippen molar-refractivity contribution in [2.24, 2.45) is 0 Å². The number of benzene rings is 2. The van der Waals surface area contributed by atoms with Crippen molar-refractivity contribution in [1.29, 1.82) is 0 Å². The van der Waals surface area contributed by atoms with Crippen LogP contribution < -0.4 is 10.1 Å². The Morgan fingerprint density at radius 2 is 1.77 bits per heavy atom. The van der Waals surface area contributed by atoms with Gasteiger partial charge in [-0.15, -0.1) is 0 Å². The van der Waals surface area contributed by atoms with Gasteiger partial charge in [0.25, 0.3) is 5.91 Å². The Morgan fingerprint density at radius 3 is 2.49 bits per heavy atom. The van der Waals surface area contributed by atoms with Crippen LogP contribution in [0.25, 0.3) is 5.78 Å². The van der Waals surface area contributed by atoms with Gasteiger partial charge in [-0.3, -0.25) is 9.20 Å². The van der Waals surface area contributed by atoms with Gasteiger partial charge in [0.15, 0.2) is 18.2 Å². The van der Waals surface area contributed by atoms with Crippen LogP contribution in [-0.4, -0.2) is 41.5 Å². The molecule has 4 aromatic rings. The highest BCUT2D eigenvalue weighted by Gasteiger charge is 2.29. The van der Waals surface area contributed by atoms with Crippen molar-refractivity contribution in [3.63, 3.8) is 0 Å². The molecule has 4 rings (SSSR count). The van der Waals surface area contributed by atoms with Gasteiger partial charge in [-0.25, -0.2) is 22.8 Å². The van der Waals surface area contributed by atoms with Gasteiger partial charge in [0.2, 0.25) is 15.6 Å². The summed E-state index contributed by atoms with van der Waals surface area (Å²) in [7, 11) is -4.17. The number of carbonyl (C=O) groups excluding carboxylic acids is 1. The highest BCUT2D eigenvalue weighted by Crippen LogP contribution is 2.28. The molecule has 0 bridgehead atoms. The number of rotatable bonds is 7. The maximum Gasteiger partial charge on any atom is 0.422 e. The fourth-order valence-electron chi connectivity index (χ4n) is 3.06. The molecule has 35 heavy (non-hydrogen) atoms. The lowest BCUT2D eigenvalue weighted by Crippen LogP contribution is -2.23. The molecule has 0 saturated carbocycles. The van der Waals surface area contributed by atoms with Gasteiger partial charge in [-0.2, -0.15) is 13.2 Å². The molecular weight excluding hydrogens is 492 g/mol. The van der Waals surface area contributed by atoms with Gasteiger partial charge in [0.05, 0.1) is 15.4 Å². The highest BCUT2D eigenvalue weighted by atomic mass is 32.2. The van der Waals surface area contributed by atoms with E-state index in [2.05, 4.69) is 20.0 Å². The second kappa shape index (κ2) is 9.33. The van der Waals surface area contributed by atoms with Crippen LogP contribution in [0.3, 0.4) is 0 Å². The standard InChI is InChI=1S/C22H16F4N4O4S/c23-18-6-5-17(9-19(18)34-13-22(24,25)26)35(32,33)16-3-1-14(2-4-16)10-28-20(31)15-11-29-21-27-7-8-30(21)12-15/h1-9,11-12H,10,13H2,(H,28,31). The number of nitrogens with zero attached hydrogens (tertiary/aromatic N) is 3. The van der Waals surface area contributed by atoms with Crippen LogP contribution >= 0.6 is 0 Å². The monoisotopic (exact) mass is 508 g/mol. The molecule has 0 unspecified atom stereocenters. The maximum atomic E-state index is 13.8. The number of carbonyl (C=O) groups is 1. The highest BCUT2D eigenvalue weighted by molar-refractivity contribution is 7.91. The molecule has 1 amide bonds. The minimum Gasteiger partial charge on any atom is -0.481 e. The number of fused-ring (bicyclic) bond motifs is 1. The molecule has 182 valence electrons. The molecule has 2 heterocycles. The third-order valence-electron chi connectivity index (χ3n) is 4.80. The molecule has 0 atom stereocenters. The Bertz CT molecular complexity index is 1490. The average molecular weight is 508 g/mol. The van der Waals surface area contributed by atoms with Crippen LogP contribution in [0.5, 0.6) is 5.75 Å². The fourth-order valence-corrected chi connectivity index (χ4v) is 4.34. The zero-order chi connectivity index (χ0) is 25.2. The first-order valence-electron chi connectivity index (χ1n) is 9.93. The minimum atomic E-state index is -4.71. The Hall–Kier alpha value is -4.00. The Kier molecular flexibility index (Phi) is 6.43. The van der Waals surface area contributed by atoms with E-state index in [1.165, 1.54) is 30.5 Å². The molecule has 0 aliphatic rings. The average Bonchev–Trinajstić information content (AvgIpc) is 3.29. The van der Waals surface area contributed by atoms with Crippen LogP contribution in [0, 0.1) is 5.82 Å². The van der Waals surface area contributed by atoms with Crippen molar-refractivity contribution in [1.82, 2.24) is 19.7 Å². The van der Waals surface area contributed by atoms with Gasteiger partial charge < -0.3 is 10.1 Å². The molecule has 1 N–H and O–H groups in total. The van der Waals surface area contributed by atoms with Crippen molar-refractivity contribution in [2.45, 2.75) is 22.5 Å². The van der Waals surface area contributed by atoms with Crippen LogP contribution in [-0.2, 0) is 16.4 Å². The lowest BCUT2D eigenvalue weighted by Gasteiger charge is -2.12. The number of hydrogen-bond acceptors (Lipinski definition) is 6. The summed E-state index contributed by atoms with van der Waals surface area (Å²) < 4.78 is 82.6. The van der Waals surface area contributed by atoms with E-state index < -0.39 is 45.0 Å². The lowest BCUT2D eigenvalue weighted by atomic mass is 10.2. The number of nitrogens with one attached hydrogen (secondary N) is 1. The Balaban J connectivity index is 1.45. The van der Waals surface area contributed by atoms with Crippen molar-refractivity contribution in [3.05, 3.63) is 84.2 Å². The van der Waals surface area contributed by atoms with E-state index in [0.29, 0.717) is 23.0 Å². The third-order valence-corrected chi connectivity index (χ3v) is 6.57. The quantitative estimate of drug-likeness (QED) is 0.303. The first-order chi connectivity index (χ1) is 16.5. The summed E-state index contributed by atoms with van der Waals surface area (Å²) in [6, 6.07) is 7.84. The molecule has 8 nitrogen and oxygen atoms in total. The lowest BCUT2D eigenvalue weighted by molar-refractivity contribution is -0.153. The second-order valence-corrected chi connectivity index (χ2v) is 9.25. The van der Waals surface area contributed by atoms with E-state index in [-0.39, 0.29) is 11.4 Å².